The van der Waals surface area contributed by atoms with Gasteiger partial charge in [-0.15, -0.1) is 11.3 Å². The van der Waals surface area contributed by atoms with E-state index in [0.29, 0.717) is 0 Å². The Morgan fingerprint density at radius 1 is 1.28 bits per heavy atom. The van der Waals surface area contributed by atoms with Gasteiger partial charge in [0.15, 0.2) is 5.13 Å². The van der Waals surface area contributed by atoms with Gasteiger partial charge in [-0.25, -0.2) is 4.98 Å². The van der Waals surface area contributed by atoms with Crippen molar-refractivity contribution in [2.75, 3.05) is 37.6 Å². The topological polar surface area (TPSA) is 39.6 Å². The average molecular weight is 269 g/mol. The van der Waals surface area contributed by atoms with Crippen molar-refractivity contribution in [2.45, 2.75) is 26.9 Å². The Morgan fingerprint density at radius 3 is 2.44 bits per heavy atom. The molecule has 0 aliphatic carbocycles. The fourth-order valence-electron chi connectivity index (χ4n) is 2.25. The first-order chi connectivity index (χ1) is 8.56. The van der Waals surface area contributed by atoms with Gasteiger partial charge in [0.25, 0.3) is 0 Å². The largest absolute Gasteiger partial charge is 0.387 e. The highest BCUT2D eigenvalue weighted by atomic mass is 32.1. The molecular formula is C13H23N3OS. The van der Waals surface area contributed by atoms with E-state index < -0.39 is 6.10 Å². The molecule has 2 heterocycles. The maximum Gasteiger partial charge on any atom is 0.185 e. The minimum Gasteiger partial charge on any atom is -0.387 e. The quantitative estimate of drug-likeness (QED) is 0.907. The predicted molar refractivity (Wildman–Crippen MR) is 76.2 cm³/mol. The molecule has 2 rings (SSSR count). The first kappa shape index (κ1) is 13.8. The van der Waals surface area contributed by atoms with E-state index in [2.05, 4.69) is 28.6 Å². The summed E-state index contributed by atoms with van der Waals surface area (Å²) in [6.45, 7) is 11.8. The highest BCUT2D eigenvalue weighted by Crippen LogP contribution is 2.24. The van der Waals surface area contributed by atoms with Crippen LogP contribution in [0.2, 0.25) is 0 Å². The van der Waals surface area contributed by atoms with Crippen molar-refractivity contribution < 1.29 is 5.11 Å². The molecule has 0 saturated carbocycles. The Morgan fingerprint density at radius 2 is 1.94 bits per heavy atom. The number of rotatable bonds is 4. The van der Waals surface area contributed by atoms with Gasteiger partial charge >= 0.3 is 0 Å². The van der Waals surface area contributed by atoms with Crippen LogP contribution in [0.1, 0.15) is 32.6 Å². The van der Waals surface area contributed by atoms with Crippen LogP contribution in [0.4, 0.5) is 5.13 Å². The van der Waals surface area contributed by atoms with Gasteiger partial charge in [-0.1, -0.05) is 13.8 Å². The van der Waals surface area contributed by atoms with Crippen LogP contribution < -0.4 is 4.90 Å². The van der Waals surface area contributed by atoms with Crippen LogP contribution in [0.25, 0.3) is 0 Å². The Balaban J connectivity index is 1.88. The molecule has 1 aliphatic rings. The van der Waals surface area contributed by atoms with Crippen LogP contribution in [0, 0.1) is 5.92 Å². The molecule has 5 heteroatoms. The van der Waals surface area contributed by atoms with Crippen molar-refractivity contribution in [2.24, 2.45) is 5.92 Å². The van der Waals surface area contributed by atoms with E-state index in [-0.39, 0.29) is 0 Å². The van der Waals surface area contributed by atoms with Gasteiger partial charge in [0.1, 0.15) is 0 Å². The van der Waals surface area contributed by atoms with Gasteiger partial charge in [0.2, 0.25) is 0 Å². The smallest absolute Gasteiger partial charge is 0.185 e. The van der Waals surface area contributed by atoms with Gasteiger partial charge in [-0.05, 0) is 12.8 Å². The van der Waals surface area contributed by atoms with Crippen LogP contribution in [0.3, 0.4) is 0 Å². The first-order valence-corrected chi connectivity index (χ1v) is 7.55. The second kappa shape index (κ2) is 5.99. The second-order valence-corrected chi connectivity index (χ2v) is 6.25. The molecule has 1 atom stereocenters. The summed E-state index contributed by atoms with van der Waals surface area (Å²) in [7, 11) is 0. The first-order valence-electron chi connectivity index (χ1n) is 6.67. The molecule has 1 unspecified atom stereocenters. The lowest BCUT2D eigenvalue weighted by atomic mass is 10.2. The number of hydrogen-bond donors (Lipinski definition) is 1. The third kappa shape index (κ3) is 3.43. The molecule has 18 heavy (non-hydrogen) atoms. The number of thiazole rings is 1. The maximum atomic E-state index is 9.49. The Hall–Kier alpha value is -0.650. The lowest BCUT2D eigenvalue weighted by Crippen LogP contribution is -2.47. The SMILES string of the molecule is CC(C)CN1CCN(c2nc(C(C)O)cs2)CC1. The number of aromatic nitrogens is 1. The van der Waals surface area contributed by atoms with Gasteiger partial charge in [-0.2, -0.15) is 0 Å². The number of aliphatic hydroxyl groups is 1. The average Bonchev–Trinajstić information content (AvgIpc) is 2.78. The highest BCUT2D eigenvalue weighted by Gasteiger charge is 2.20. The van der Waals surface area contributed by atoms with Crippen LogP contribution >= 0.6 is 11.3 Å². The number of aliphatic hydroxyl groups excluding tert-OH is 1. The second-order valence-electron chi connectivity index (χ2n) is 5.41. The van der Waals surface area contributed by atoms with E-state index >= 15 is 0 Å². The normalized spacial score (nSPS) is 19.5. The molecule has 1 saturated heterocycles. The minimum absolute atomic E-state index is 0.461. The number of hydrogen-bond acceptors (Lipinski definition) is 5. The zero-order valence-corrected chi connectivity index (χ0v) is 12.3. The Labute approximate surface area is 113 Å². The van der Waals surface area contributed by atoms with Gasteiger partial charge in [0.05, 0.1) is 11.8 Å². The van der Waals surface area contributed by atoms with E-state index in [1.807, 2.05) is 5.38 Å². The Bertz CT molecular complexity index is 370. The summed E-state index contributed by atoms with van der Waals surface area (Å²) in [6, 6.07) is 0. The molecule has 1 aromatic rings. The highest BCUT2D eigenvalue weighted by molar-refractivity contribution is 7.13. The van der Waals surface area contributed by atoms with E-state index in [0.717, 1.165) is 42.9 Å². The third-order valence-electron chi connectivity index (χ3n) is 3.20. The van der Waals surface area contributed by atoms with Crippen LogP contribution in [0.15, 0.2) is 5.38 Å². The predicted octanol–water partition coefficient (Wildman–Crippen LogP) is 1.97. The molecule has 0 bridgehead atoms. The van der Waals surface area contributed by atoms with E-state index in [1.54, 1.807) is 18.3 Å². The molecule has 1 aromatic heterocycles. The molecule has 0 radical (unpaired) electrons. The van der Waals surface area contributed by atoms with Crippen molar-refractivity contribution in [3.63, 3.8) is 0 Å². The van der Waals surface area contributed by atoms with Crippen molar-refractivity contribution in [1.82, 2.24) is 9.88 Å². The summed E-state index contributed by atoms with van der Waals surface area (Å²) < 4.78 is 0. The molecule has 0 spiro atoms. The standard InChI is InChI=1S/C13H23N3OS/c1-10(2)8-15-4-6-16(7-5-15)13-14-12(9-18-13)11(3)17/h9-11,17H,4-8H2,1-3H3. The molecule has 1 N–H and O–H groups in total. The summed E-state index contributed by atoms with van der Waals surface area (Å²) >= 11 is 1.64. The lowest BCUT2D eigenvalue weighted by Gasteiger charge is -2.35. The lowest BCUT2D eigenvalue weighted by molar-refractivity contribution is 0.195. The molecule has 0 amide bonds. The molecular weight excluding hydrogens is 246 g/mol. The van der Waals surface area contributed by atoms with Gasteiger partial charge in [0, 0.05) is 38.1 Å². The monoisotopic (exact) mass is 269 g/mol. The Kier molecular flexibility index (Phi) is 4.59. The van der Waals surface area contributed by atoms with Gasteiger partial charge < -0.3 is 10.0 Å². The zero-order valence-electron chi connectivity index (χ0n) is 11.5. The van der Waals surface area contributed by atoms with E-state index in [9.17, 15) is 5.11 Å². The van der Waals surface area contributed by atoms with Crippen LogP contribution in [-0.2, 0) is 0 Å². The van der Waals surface area contributed by atoms with Crippen LogP contribution in [-0.4, -0.2) is 47.7 Å². The minimum atomic E-state index is -0.461. The third-order valence-corrected chi connectivity index (χ3v) is 4.12. The molecule has 1 fully saturated rings. The maximum absolute atomic E-state index is 9.49. The summed E-state index contributed by atoms with van der Waals surface area (Å²) in [4.78, 5) is 9.34. The molecule has 1 aliphatic heterocycles. The molecule has 102 valence electrons. The van der Waals surface area contributed by atoms with Crippen molar-refractivity contribution in [1.29, 1.82) is 0 Å². The summed E-state index contributed by atoms with van der Waals surface area (Å²) in [6.07, 6.45) is -0.461. The zero-order chi connectivity index (χ0) is 13.1. The molecule has 4 nitrogen and oxygen atoms in total. The fraction of sp³-hybridized carbons (Fsp3) is 0.769. The van der Waals surface area contributed by atoms with E-state index in [1.165, 1.54) is 6.54 Å². The van der Waals surface area contributed by atoms with Gasteiger partial charge in [-0.3, -0.25) is 4.90 Å². The van der Waals surface area contributed by atoms with E-state index in [4.69, 9.17) is 0 Å². The summed E-state index contributed by atoms with van der Waals surface area (Å²) in [5.74, 6) is 0.734. The van der Waals surface area contributed by atoms with Crippen molar-refractivity contribution >= 4 is 16.5 Å². The van der Waals surface area contributed by atoms with Crippen molar-refractivity contribution in [3.05, 3.63) is 11.1 Å². The fourth-order valence-corrected chi connectivity index (χ4v) is 3.22. The summed E-state index contributed by atoms with van der Waals surface area (Å²) in [5, 5.41) is 12.5. The summed E-state index contributed by atoms with van der Waals surface area (Å²) in [5.41, 5.74) is 0.791. The molecule has 0 aromatic carbocycles. The van der Waals surface area contributed by atoms with Crippen molar-refractivity contribution in [3.8, 4) is 0 Å². The number of anilines is 1. The van der Waals surface area contributed by atoms with Crippen LogP contribution in [0.5, 0.6) is 0 Å². The number of piperazine rings is 1. The number of nitrogens with zero attached hydrogens (tertiary/aromatic N) is 3.